The molecule has 1 aliphatic rings. The number of fused-ring (bicyclic) bond motifs is 2. The van der Waals surface area contributed by atoms with E-state index in [1.54, 1.807) is 0 Å². The van der Waals surface area contributed by atoms with Gasteiger partial charge in [-0.15, -0.1) is 11.8 Å². The van der Waals surface area contributed by atoms with Crippen molar-refractivity contribution >= 4 is 51.4 Å². The number of carbonyl (C=O) groups excluding carboxylic acids is 1. The number of carboxylic acids is 1. The molecule has 0 bridgehead atoms. The number of rotatable bonds is 11. The second-order valence-electron chi connectivity index (χ2n) is 10.4. The van der Waals surface area contributed by atoms with E-state index in [9.17, 15) is 38.6 Å². The molecule has 1 saturated heterocycles. The number of nitrogens with zero attached hydrogens (tertiary/aromatic N) is 2. The van der Waals surface area contributed by atoms with Crippen LogP contribution in [0.2, 0.25) is 0 Å². The molecular weight excluding hydrogens is 673 g/mol. The van der Waals surface area contributed by atoms with E-state index < -0.39 is 69.3 Å². The minimum Gasteiger partial charge on any atom is -0.490 e. The molecule has 0 spiro atoms. The number of aliphatic hydroxyl groups is 2. The van der Waals surface area contributed by atoms with E-state index in [1.807, 2.05) is 0 Å². The van der Waals surface area contributed by atoms with Crippen LogP contribution in [0, 0.1) is 5.82 Å². The molecule has 49 heavy (non-hydrogen) atoms. The van der Waals surface area contributed by atoms with Crippen molar-refractivity contribution in [2.45, 2.75) is 17.8 Å². The Balaban J connectivity index is 1.13. The molecule has 1 amide bonds. The maximum Gasteiger partial charge on any atom is 0.371 e. The lowest BCUT2D eigenvalue weighted by Crippen LogP contribution is -2.30. The van der Waals surface area contributed by atoms with E-state index in [0.29, 0.717) is 0 Å². The highest BCUT2D eigenvalue weighted by Crippen LogP contribution is 2.31. The number of thioether (sulfide) groups is 1. The molecule has 254 valence electrons. The summed E-state index contributed by atoms with van der Waals surface area (Å²) in [5, 5.41) is 30.9. The van der Waals surface area contributed by atoms with E-state index in [0.717, 1.165) is 22.9 Å². The van der Waals surface area contributed by atoms with Gasteiger partial charge in [0.25, 0.3) is 5.91 Å². The summed E-state index contributed by atoms with van der Waals surface area (Å²) in [7, 11) is 0. The predicted octanol–water partition coefficient (Wildman–Crippen LogP) is 1.94. The second kappa shape index (κ2) is 13.9. The van der Waals surface area contributed by atoms with Gasteiger partial charge in [-0.05, 0) is 24.3 Å². The molecule has 1 fully saturated rings. The summed E-state index contributed by atoms with van der Waals surface area (Å²) in [6, 6.07) is 10.2. The van der Waals surface area contributed by atoms with Crippen LogP contribution in [0.4, 0.5) is 10.2 Å². The van der Waals surface area contributed by atoms with Gasteiger partial charge >= 0.3 is 11.7 Å². The normalized spacial score (nSPS) is 16.5. The number of aliphatic hydroxyl groups excluding tert-OH is 2. The standard InChI is InChI=1S/C31H24FN3O13S/c32-15-9-35(24-13-49-25(10-36)48-24)31(43)34-28(15)33-29(40)22-7-16(38)26-18(3-1-5-20(26)46-22)44-11-14(37)12-45-19-4-2-6-21-27(19)17(39)8-23(47-21)30(41)42/h1-9,14,24-25,36-37H,10-13H2,(H,41,42)(H,33,34,40,43)/t14?,24-,25+/m1/s1. The zero-order valence-corrected chi connectivity index (χ0v) is 25.7. The van der Waals surface area contributed by atoms with E-state index >= 15 is 0 Å². The van der Waals surface area contributed by atoms with Crippen molar-refractivity contribution in [1.29, 1.82) is 0 Å². The van der Waals surface area contributed by atoms with Crippen molar-refractivity contribution in [3.05, 3.63) is 103 Å². The van der Waals surface area contributed by atoms with Gasteiger partial charge in [-0.25, -0.2) is 14.0 Å². The highest BCUT2D eigenvalue weighted by molar-refractivity contribution is 8.00. The van der Waals surface area contributed by atoms with Crippen LogP contribution in [0.1, 0.15) is 27.3 Å². The molecule has 3 atom stereocenters. The monoisotopic (exact) mass is 697 g/mol. The Morgan fingerprint density at radius 2 is 1.59 bits per heavy atom. The maximum atomic E-state index is 14.8. The summed E-state index contributed by atoms with van der Waals surface area (Å²) in [6.07, 6.45) is -1.33. The number of aromatic nitrogens is 2. The number of hydrogen-bond donors (Lipinski definition) is 4. The van der Waals surface area contributed by atoms with Crippen molar-refractivity contribution < 1.29 is 52.3 Å². The van der Waals surface area contributed by atoms with Crippen molar-refractivity contribution in [2.75, 3.05) is 30.9 Å². The number of carboxylic acid groups (broad SMARTS) is 1. The number of anilines is 1. The first-order valence-electron chi connectivity index (χ1n) is 14.3. The molecular formula is C31H24FN3O13S. The zero-order valence-electron chi connectivity index (χ0n) is 24.9. The first kappa shape index (κ1) is 33.3. The molecule has 16 nitrogen and oxygen atoms in total. The fourth-order valence-corrected chi connectivity index (χ4v) is 5.76. The Kier molecular flexibility index (Phi) is 9.45. The summed E-state index contributed by atoms with van der Waals surface area (Å²) in [5.74, 6) is -5.03. The summed E-state index contributed by atoms with van der Waals surface area (Å²) >= 11 is 1.24. The second-order valence-corrected chi connectivity index (χ2v) is 11.6. The first-order chi connectivity index (χ1) is 23.5. The Hall–Kier alpha value is -5.56. The molecule has 4 heterocycles. The van der Waals surface area contributed by atoms with Gasteiger partial charge in [0.15, 0.2) is 28.3 Å². The summed E-state index contributed by atoms with van der Waals surface area (Å²) in [6.45, 7) is -1.05. The minimum absolute atomic E-state index is 0.00341. The lowest BCUT2D eigenvalue weighted by atomic mass is 10.2. The number of amides is 1. The number of nitrogens with one attached hydrogen (secondary N) is 1. The van der Waals surface area contributed by atoms with Crippen molar-refractivity contribution in [3.63, 3.8) is 0 Å². The van der Waals surface area contributed by atoms with Crippen LogP contribution in [0.5, 0.6) is 11.5 Å². The third-order valence-corrected chi connectivity index (χ3v) is 8.17. The van der Waals surface area contributed by atoms with Crippen molar-refractivity contribution in [2.24, 2.45) is 0 Å². The topological polar surface area (TPSA) is 230 Å². The van der Waals surface area contributed by atoms with E-state index in [1.165, 1.54) is 48.2 Å². The Labute approximate surface area is 276 Å². The summed E-state index contributed by atoms with van der Waals surface area (Å²) in [5.41, 5.74) is -2.98. The zero-order chi connectivity index (χ0) is 34.8. The Morgan fingerprint density at radius 1 is 1.00 bits per heavy atom. The van der Waals surface area contributed by atoms with E-state index in [4.69, 9.17) is 28.2 Å². The quantitative estimate of drug-likeness (QED) is 0.155. The molecule has 1 unspecified atom stereocenters. The largest absolute Gasteiger partial charge is 0.490 e. The smallest absolute Gasteiger partial charge is 0.371 e. The van der Waals surface area contributed by atoms with Crippen LogP contribution >= 0.6 is 11.8 Å². The van der Waals surface area contributed by atoms with Gasteiger partial charge in [0.05, 0.1) is 12.8 Å². The molecule has 3 aromatic heterocycles. The van der Waals surface area contributed by atoms with Gasteiger partial charge in [0.2, 0.25) is 5.76 Å². The van der Waals surface area contributed by atoms with Crippen LogP contribution in [0.3, 0.4) is 0 Å². The molecule has 0 radical (unpaired) electrons. The van der Waals surface area contributed by atoms with Gasteiger partial charge < -0.3 is 43.7 Å². The van der Waals surface area contributed by atoms with Crippen LogP contribution < -0.4 is 31.3 Å². The first-order valence-corrected chi connectivity index (χ1v) is 15.4. The third kappa shape index (κ3) is 7.02. The minimum atomic E-state index is -1.42. The molecule has 18 heteroatoms. The summed E-state index contributed by atoms with van der Waals surface area (Å²) < 4.78 is 43.2. The van der Waals surface area contributed by atoms with Crippen LogP contribution in [0.15, 0.2) is 77.9 Å². The lowest BCUT2D eigenvalue weighted by Gasteiger charge is -2.15. The van der Waals surface area contributed by atoms with Gasteiger partial charge in [0, 0.05) is 17.9 Å². The average Bonchev–Trinajstić information content (AvgIpc) is 3.56. The highest BCUT2D eigenvalue weighted by atomic mass is 32.2. The molecule has 2 aromatic carbocycles. The number of ether oxygens (including phenoxy) is 3. The van der Waals surface area contributed by atoms with Crippen LogP contribution in [-0.2, 0) is 4.74 Å². The molecule has 0 saturated carbocycles. The van der Waals surface area contributed by atoms with Crippen molar-refractivity contribution in [1.82, 2.24) is 9.55 Å². The van der Waals surface area contributed by atoms with Gasteiger partial charge in [-0.1, -0.05) is 12.1 Å². The SMILES string of the molecule is O=C(O)c1cc(=O)c2c(OCC(O)COc3cccc4oc(C(=O)Nc5nc(=O)n([C@H]6CS[C@@H](CO)O6)cc5F)cc(=O)c34)cccc2o1. The van der Waals surface area contributed by atoms with E-state index in [2.05, 4.69) is 10.3 Å². The van der Waals surface area contributed by atoms with Gasteiger partial charge in [-0.2, -0.15) is 4.98 Å². The Morgan fingerprint density at radius 3 is 2.16 bits per heavy atom. The molecule has 1 aliphatic heterocycles. The molecule has 0 aliphatic carbocycles. The third-order valence-electron chi connectivity index (χ3n) is 7.06. The Bertz CT molecular complexity index is 2270. The predicted molar refractivity (Wildman–Crippen MR) is 169 cm³/mol. The highest BCUT2D eigenvalue weighted by Gasteiger charge is 2.29. The average molecular weight is 698 g/mol. The van der Waals surface area contributed by atoms with Gasteiger partial charge in [0.1, 0.15) is 64.4 Å². The number of halogens is 1. The maximum absolute atomic E-state index is 14.8. The fourth-order valence-electron chi connectivity index (χ4n) is 4.83. The van der Waals surface area contributed by atoms with Crippen LogP contribution in [-0.4, -0.2) is 73.9 Å². The number of carbonyl (C=O) groups is 2. The lowest BCUT2D eigenvalue weighted by molar-refractivity contribution is -0.00677. The van der Waals surface area contributed by atoms with E-state index in [-0.39, 0.29) is 59.0 Å². The molecule has 5 aromatic rings. The van der Waals surface area contributed by atoms with Crippen LogP contribution in [0.25, 0.3) is 21.9 Å². The number of benzene rings is 2. The summed E-state index contributed by atoms with van der Waals surface area (Å²) in [4.78, 5) is 65.7. The van der Waals surface area contributed by atoms with Gasteiger partial charge in [-0.3, -0.25) is 19.0 Å². The van der Waals surface area contributed by atoms with Crippen molar-refractivity contribution in [3.8, 4) is 11.5 Å². The number of aromatic carboxylic acids is 1. The molecule has 4 N–H and O–H groups in total. The number of hydrogen-bond acceptors (Lipinski definition) is 14. The molecule has 6 rings (SSSR count). The fraction of sp³-hybridized carbons (Fsp3) is 0.226.